The molecular formula is I4O4Si. The maximum Gasteiger partial charge on any atom is 0.718 e. The maximum atomic E-state index is 4.81. The minimum atomic E-state index is -2.74. The van der Waals surface area contributed by atoms with Crippen molar-refractivity contribution in [3.05, 3.63) is 0 Å². The highest BCUT2D eigenvalue weighted by molar-refractivity contribution is 14.1. The van der Waals surface area contributed by atoms with E-state index in [2.05, 4.69) is 0 Å². The van der Waals surface area contributed by atoms with E-state index in [-0.39, 0.29) is 0 Å². The highest BCUT2D eigenvalue weighted by Gasteiger charge is 2.45. The average molecular weight is 600 g/mol. The van der Waals surface area contributed by atoms with Gasteiger partial charge in [0.15, 0.2) is 0 Å². The van der Waals surface area contributed by atoms with Crippen molar-refractivity contribution in [3.63, 3.8) is 0 Å². The van der Waals surface area contributed by atoms with Crippen LogP contribution >= 0.6 is 92.0 Å². The Kier molecular flexibility index (Phi) is 8.63. The first-order valence-corrected chi connectivity index (χ1v) is 6.59. The Morgan fingerprint density at radius 3 is 0.889 bits per heavy atom. The summed E-state index contributed by atoms with van der Waals surface area (Å²) >= 11 is 6.70. The first-order chi connectivity index (χ1) is 4.24. The fraction of sp³-hybridized carbons (Fsp3) is 0. The molecule has 0 rings (SSSR count). The molecule has 0 aliphatic rings. The molecule has 0 aromatic carbocycles. The number of halogens is 4. The van der Waals surface area contributed by atoms with Crippen LogP contribution in [0.4, 0.5) is 0 Å². The molecule has 9 heavy (non-hydrogen) atoms. The molecule has 0 amide bonds. The predicted molar refractivity (Wildman–Crippen MR) is 66.2 cm³/mol. The average Bonchev–Trinajstić information content (AvgIpc) is 1.95. The van der Waals surface area contributed by atoms with Gasteiger partial charge in [-0.25, -0.2) is 0 Å². The lowest BCUT2D eigenvalue weighted by Gasteiger charge is -2.13. The Hall–Kier alpha value is 2.98. The second-order valence-corrected chi connectivity index (χ2v) is 7.71. The van der Waals surface area contributed by atoms with Gasteiger partial charge in [0.2, 0.25) is 0 Å². The molecule has 0 atom stereocenters. The van der Waals surface area contributed by atoms with Crippen LogP contribution in [0.5, 0.6) is 0 Å². The van der Waals surface area contributed by atoms with E-state index in [0.717, 1.165) is 0 Å². The summed E-state index contributed by atoms with van der Waals surface area (Å²) < 4.78 is 19.2. The molecule has 4 nitrogen and oxygen atoms in total. The van der Waals surface area contributed by atoms with Crippen molar-refractivity contribution < 1.29 is 11.0 Å². The molecule has 9 heteroatoms. The molecule has 0 aliphatic carbocycles. The monoisotopic (exact) mass is 600 g/mol. The lowest BCUT2D eigenvalue weighted by molar-refractivity contribution is 0.284. The van der Waals surface area contributed by atoms with Crippen LogP contribution in [0.25, 0.3) is 0 Å². The standard InChI is InChI=1S/I4O4Si/c1-5-9(6-2,7-3)8-4. The fourth-order valence-electron chi connectivity index (χ4n) is 0.0714. The van der Waals surface area contributed by atoms with E-state index in [0.29, 0.717) is 0 Å². The summed E-state index contributed by atoms with van der Waals surface area (Å²) in [5.74, 6) is 0. The van der Waals surface area contributed by atoms with Gasteiger partial charge in [0.05, 0.1) is 0 Å². The number of rotatable bonds is 4. The summed E-state index contributed by atoms with van der Waals surface area (Å²) in [6.07, 6.45) is 0. The van der Waals surface area contributed by atoms with Gasteiger partial charge < -0.3 is 0 Å². The molecule has 0 aromatic heterocycles. The van der Waals surface area contributed by atoms with Gasteiger partial charge in [0, 0.05) is 0 Å². The van der Waals surface area contributed by atoms with Gasteiger partial charge >= 0.3 is 9.05 Å². The van der Waals surface area contributed by atoms with Crippen LogP contribution < -0.4 is 0 Å². The molecule has 0 bridgehead atoms. The highest BCUT2D eigenvalue weighted by Crippen LogP contribution is 2.22. The highest BCUT2D eigenvalue weighted by atomic mass is 127. The zero-order valence-corrected chi connectivity index (χ0v) is 13.3. The lowest BCUT2D eigenvalue weighted by atomic mass is 15.7. The molecule has 56 valence electrons. The molecule has 0 aliphatic heterocycles. The van der Waals surface area contributed by atoms with Crippen molar-refractivity contribution in [3.8, 4) is 0 Å². The summed E-state index contributed by atoms with van der Waals surface area (Å²) in [6, 6.07) is 0. The zero-order chi connectivity index (χ0) is 7.33. The van der Waals surface area contributed by atoms with E-state index < -0.39 is 9.05 Å². The van der Waals surface area contributed by atoms with Crippen LogP contribution in [0, 0.1) is 0 Å². The molecule has 0 unspecified atom stereocenters. The van der Waals surface area contributed by atoms with E-state index in [9.17, 15) is 0 Å². The Labute approximate surface area is 110 Å². The van der Waals surface area contributed by atoms with E-state index in [4.69, 9.17) is 11.0 Å². The third-order valence-corrected chi connectivity index (χ3v) is 7.61. The Balaban J connectivity index is 3.82. The van der Waals surface area contributed by atoms with Gasteiger partial charge in [0.25, 0.3) is 0 Å². The first kappa shape index (κ1) is 12.0. The fourth-order valence-corrected chi connectivity index (χ4v) is 9.64. The van der Waals surface area contributed by atoms with E-state index in [1.54, 1.807) is 92.0 Å². The number of hydrogen-bond donors (Lipinski definition) is 0. The molecule has 0 N–H and O–H groups in total. The van der Waals surface area contributed by atoms with Crippen LogP contribution in [-0.4, -0.2) is 9.05 Å². The first-order valence-electron chi connectivity index (χ1n) is 1.43. The van der Waals surface area contributed by atoms with Crippen molar-refractivity contribution in [2.45, 2.75) is 0 Å². The van der Waals surface area contributed by atoms with E-state index in [1.807, 2.05) is 0 Å². The van der Waals surface area contributed by atoms with Gasteiger partial charge in [-0.05, 0) is 0 Å². The van der Waals surface area contributed by atoms with Gasteiger partial charge in [-0.1, -0.05) is 0 Å². The van der Waals surface area contributed by atoms with Crippen molar-refractivity contribution in [2.24, 2.45) is 0 Å². The van der Waals surface area contributed by atoms with E-state index in [1.165, 1.54) is 0 Å². The van der Waals surface area contributed by atoms with E-state index >= 15 is 0 Å². The molecule has 0 spiro atoms. The Morgan fingerprint density at radius 1 is 0.667 bits per heavy atom. The predicted octanol–water partition coefficient (Wildman–Crippen LogP) is 2.89. The van der Waals surface area contributed by atoms with Crippen LogP contribution in [0.1, 0.15) is 0 Å². The van der Waals surface area contributed by atoms with Crippen LogP contribution in [0.2, 0.25) is 0 Å². The summed E-state index contributed by atoms with van der Waals surface area (Å²) in [5, 5.41) is 0. The van der Waals surface area contributed by atoms with Crippen LogP contribution in [0.15, 0.2) is 0 Å². The van der Waals surface area contributed by atoms with Crippen LogP contribution in [0.3, 0.4) is 0 Å². The summed E-state index contributed by atoms with van der Waals surface area (Å²) in [5.41, 5.74) is 0. The minimum absolute atomic E-state index is 1.67. The quantitative estimate of drug-likeness (QED) is 0.368. The van der Waals surface area contributed by atoms with Gasteiger partial charge in [-0.15, -0.1) is 0 Å². The largest absolute Gasteiger partial charge is 0.718 e. The van der Waals surface area contributed by atoms with Crippen molar-refractivity contribution in [1.29, 1.82) is 0 Å². The molecule has 0 saturated carbocycles. The topological polar surface area (TPSA) is 36.9 Å². The minimum Gasteiger partial charge on any atom is -0.282 e. The summed E-state index contributed by atoms with van der Waals surface area (Å²) in [4.78, 5) is 0. The molecule has 0 saturated heterocycles. The second-order valence-electron chi connectivity index (χ2n) is 0.809. The van der Waals surface area contributed by atoms with Crippen molar-refractivity contribution >= 4 is 101 Å². The van der Waals surface area contributed by atoms with Gasteiger partial charge in [-0.2, -0.15) is 0 Å². The SMILES string of the molecule is IO[Si](OI)(OI)OI. The van der Waals surface area contributed by atoms with Crippen molar-refractivity contribution in [2.75, 3.05) is 0 Å². The van der Waals surface area contributed by atoms with Gasteiger partial charge in [-0.3, -0.25) is 11.0 Å². The van der Waals surface area contributed by atoms with Crippen LogP contribution in [-0.2, 0) is 11.0 Å². The summed E-state index contributed by atoms with van der Waals surface area (Å²) in [6.45, 7) is 0. The molecule has 0 heterocycles. The third kappa shape index (κ3) is 3.94. The lowest BCUT2D eigenvalue weighted by Crippen LogP contribution is -2.38. The zero-order valence-electron chi connectivity index (χ0n) is 3.64. The Bertz CT molecular complexity index is 55.5. The summed E-state index contributed by atoms with van der Waals surface area (Å²) in [7, 11) is -2.74. The smallest absolute Gasteiger partial charge is 0.282 e. The Morgan fingerprint density at radius 2 is 0.889 bits per heavy atom. The van der Waals surface area contributed by atoms with Crippen molar-refractivity contribution in [1.82, 2.24) is 0 Å². The molecule has 0 radical (unpaired) electrons. The maximum absolute atomic E-state index is 4.81. The third-order valence-electron chi connectivity index (χ3n) is 0.378. The second kappa shape index (κ2) is 6.49. The van der Waals surface area contributed by atoms with Gasteiger partial charge in [0.1, 0.15) is 92.0 Å². The normalized spacial score (nSPS) is 12.0. The molecular weight excluding hydrogens is 600 g/mol. The molecule has 0 fully saturated rings. The molecule has 0 aromatic rings. The number of hydrogen-bond acceptors (Lipinski definition) is 4.